The van der Waals surface area contributed by atoms with Gasteiger partial charge >= 0.3 is 5.97 Å². The number of nitrogens with one attached hydrogen (secondary N) is 1. The van der Waals surface area contributed by atoms with Crippen LogP contribution in [-0.4, -0.2) is 47.3 Å². The Morgan fingerprint density at radius 2 is 1.59 bits per heavy atom. The lowest BCUT2D eigenvalue weighted by Crippen LogP contribution is -2.39. The molecular formula is C24H23N3O6S. The molecule has 0 fully saturated rings. The number of hydrogen-bond acceptors (Lipinski definition) is 7. The van der Waals surface area contributed by atoms with Gasteiger partial charge in [-0.1, -0.05) is 30.3 Å². The standard InChI is InChI=1S/C24H23N3O6S/c1-32-21-14-12-20(13-15-21)27(34(30,31)22-6-4-3-5-7-22)17-23(28)26-25-16-18-8-10-19(11-9-18)24(29)33-2/h3-16H,17H2,1-2H3,(H,26,28). The molecule has 0 atom stereocenters. The topological polar surface area (TPSA) is 114 Å². The second kappa shape index (κ2) is 11.1. The molecule has 3 aromatic rings. The second-order valence-corrected chi connectivity index (χ2v) is 8.79. The average molecular weight is 482 g/mol. The smallest absolute Gasteiger partial charge is 0.337 e. The van der Waals surface area contributed by atoms with Crippen LogP contribution in [0.1, 0.15) is 15.9 Å². The van der Waals surface area contributed by atoms with Crippen molar-refractivity contribution in [2.75, 3.05) is 25.1 Å². The number of amides is 1. The van der Waals surface area contributed by atoms with Crippen LogP contribution in [0, 0.1) is 0 Å². The SMILES string of the molecule is COC(=O)c1ccc(C=NNC(=O)CN(c2ccc(OC)cc2)S(=O)(=O)c2ccccc2)cc1. The number of carbonyl (C=O) groups is 2. The van der Waals surface area contributed by atoms with Gasteiger partial charge in [-0.2, -0.15) is 5.10 Å². The maximum absolute atomic E-state index is 13.3. The number of benzene rings is 3. The first kappa shape index (κ1) is 24.5. The number of nitrogens with zero attached hydrogens (tertiary/aromatic N) is 2. The van der Waals surface area contributed by atoms with Crippen molar-refractivity contribution in [2.24, 2.45) is 5.10 Å². The molecule has 0 unspecified atom stereocenters. The summed E-state index contributed by atoms with van der Waals surface area (Å²) in [6.07, 6.45) is 1.38. The Hall–Kier alpha value is -4.18. The van der Waals surface area contributed by atoms with Gasteiger partial charge in [0.05, 0.1) is 36.6 Å². The van der Waals surface area contributed by atoms with Gasteiger partial charge in [0.25, 0.3) is 15.9 Å². The largest absolute Gasteiger partial charge is 0.497 e. The van der Waals surface area contributed by atoms with Crippen molar-refractivity contribution in [2.45, 2.75) is 4.90 Å². The number of anilines is 1. The van der Waals surface area contributed by atoms with Crippen LogP contribution in [0.2, 0.25) is 0 Å². The minimum Gasteiger partial charge on any atom is -0.497 e. The van der Waals surface area contributed by atoms with Crippen molar-refractivity contribution in [1.29, 1.82) is 0 Å². The molecule has 0 aliphatic carbocycles. The second-order valence-electron chi connectivity index (χ2n) is 6.93. The Labute approximate surface area is 197 Å². The Morgan fingerprint density at radius 1 is 0.941 bits per heavy atom. The van der Waals surface area contributed by atoms with Gasteiger partial charge in [0.15, 0.2) is 0 Å². The average Bonchev–Trinajstić information content (AvgIpc) is 2.87. The molecule has 1 amide bonds. The Bertz CT molecular complexity index is 1260. The molecule has 10 heteroatoms. The van der Waals surface area contributed by atoms with E-state index in [0.29, 0.717) is 22.6 Å². The highest BCUT2D eigenvalue weighted by Gasteiger charge is 2.27. The van der Waals surface area contributed by atoms with Gasteiger partial charge in [0.1, 0.15) is 12.3 Å². The number of hydrazone groups is 1. The number of sulfonamides is 1. The third kappa shape index (κ3) is 5.99. The molecule has 0 aliphatic rings. The van der Waals surface area contributed by atoms with Crippen molar-refractivity contribution in [3.8, 4) is 5.75 Å². The van der Waals surface area contributed by atoms with E-state index in [0.717, 1.165) is 4.31 Å². The summed E-state index contributed by atoms with van der Waals surface area (Å²) in [6.45, 7) is -0.498. The van der Waals surface area contributed by atoms with E-state index < -0.39 is 28.4 Å². The van der Waals surface area contributed by atoms with Crippen LogP contribution in [0.4, 0.5) is 5.69 Å². The van der Waals surface area contributed by atoms with Crippen LogP contribution in [0.15, 0.2) is 88.9 Å². The fourth-order valence-electron chi connectivity index (χ4n) is 2.95. The predicted molar refractivity (Wildman–Crippen MR) is 127 cm³/mol. The van der Waals surface area contributed by atoms with Crippen LogP contribution in [0.25, 0.3) is 0 Å². The molecule has 9 nitrogen and oxygen atoms in total. The molecule has 176 valence electrons. The lowest BCUT2D eigenvalue weighted by atomic mass is 10.1. The highest BCUT2D eigenvalue weighted by atomic mass is 32.2. The summed E-state index contributed by atoms with van der Waals surface area (Å²) in [4.78, 5) is 24.1. The van der Waals surface area contributed by atoms with Crippen LogP contribution >= 0.6 is 0 Å². The van der Waals surface area contributed by atoms with Gasteiger partial charge in [-0.05, 0) is 54.1 Å². The summed E-state index contributed by atoms with van der Waals surface area (Å²) in [5.74, 6) is -0.555. The normalized spacial score (nSPS) is 11.1. The molecule has 0 aromatic heterocycles. The molecular weight excluding hydrogens is 458 g/mol. The molecule has 3 rings (SSSR count). The third-order valence-corrected chi connectivity index (χ3v) is 6.50. The molecule has 0 saturated heterocycles. The lowest BCUT2D eigenvalue weighted by molar-refractivity contribution is -0.119. The summed E-state index contributed by atoms with van der Waals surface area (Å²) < 4.78 is 37.3. The quantitative estimate of drug-likeness (QED) is 0.286. The van der Waals surface area contributed by atoms with Crippen molar-refractivity contribution >= 4 is 33.8 Å². The summed E-state index contributed by atoms with van der Waals surface area (Å²) >= 11 is 0. The Balaban J connectivity index is 1.77. The molecule has 0 aliphatic heterocycles. The van der Waals surface area contributed by atoms with Crippen molar-refractivity contribution in [3.63, 3.8) is 0 Å². The van der Waals surface area contributed by atoms with E-state index in [1.165, 1.54) is 32.6 Å². The van der Waals surface area contributed by atoms with Gasteiger partial charge in [-0.3, -0.25) is 9.10 Å². The minimum absolute atomic E-state index is 0.0489. The minimum atomic E-state index is -4.03. The first-order chi connectivity index (χ1) is 16.3. The zero-order chi connectivity index (χ0) is 24.6. The Morgan fingerprint density at radius 3 is 2.18 bits per heavy atom. The van der Waals surface area contributed by atoms with Gasteiger partial charge in [-0.15, -0.1) is 0 Å². The first-order valence-electron chi connectivity index (χ1n) is 10.1. The number of esters is 1. The van der Waals surface area contributed by atoms with E-state index in [9.17, 15) is 18.0 Å². The highest BCUT2D eigenvalue weighted by molar-refractivity contribution is 7.92. The van der Waals surface area contributed by atoms with Crippen LogP contribution < -0.4 is 14.5 Å². The number of ether oxygens (including phenoxy) is 2. The summed E-state index contributed by atoms with van der Waals surface area (Å²) in [5.41, 5.74) is 3.63. The molecule has 0 spiro atoms. The molecule has 34 heavy (non-hydrogen) atoms. The van der Waals surface area contributed by atoms with E-state index in [2.05, 4.69) is 15.3 Å². The van der Waals surface area contributed by atoms with Gasteiger partial charge in [0.2, 0.25) is 0 Å². The van der Waals surface area contributed by atoms with Gasteiger partial charge < -0.3 is 9.47 Å². The number of carbonyl (C=O) groups excluding carboxylic acids is 2. The number of hydrogen-bond donors (Lipinski definition) is 1. The van der Waals surface area contributed by atoms with E-state index in [1.54, 1.807) is 66.7 Å². The van der Waals surface area contributed by atoms with E-state index in [1.807, 2.05) is 0 Å². The van der Waals surface area contributed by atoms with E-state index in [4.69, 9.17) is 4.74 Å². The molecule has 3 aromatic carbocycles. The zero-order valence-electron chi connectivity index (χ0n) is 18.5. The Kier molecular flexibility index (Phi) is 7.99. The van der Waals surface area contributed by atoms with Gasteiger partial charge in [-0.25, -0.2) is 18.6 Å². The molecule has 0 heterocycles. The van der Waals surface area contributed by atoms with E-state index >= 15 is 0 Å². The molecule has 0 radical (unpaired) electrons. The van der Waals surface area contributed by atoms with Crippen LogP contribution in [-0.2, 0) is 19.6 Å². The first-order valence-corrected chi connectivity index (χ1v) is 11.5. The maximum atomic E-state index is 13.3. The third-order valence-electron chi connectivity index (χ3n) is 4.71. The predicted octanol–water partition coefficient (Wildman–Crippen LogP) is 2.83. The van der Waals surface area contributed by atoms with Crippen LogP contribution in [0.5, 0.6) is 5.75 Å². The summed E-state index contributed by atoms with van der Waals surface area (Å²) in [5, 5.41) is 3.88. The van der Waals surface area contributed by atoms with E-state index in [-0.39, 0.29) is 4.90 Å². The van der Waals surface area contributed by atoms with Crippen LogP contribution in [0.3, 0.4) is 0 Å². The molecule has 0 bridgehead atoms. The zero-order valence-corrected chi connectivity index (χ0v) is 19.4. The lowest BCUT2D eigenvalue weighted by Gasteiger charge is -2.23. The maximum Gasteiger partial charge on any atom is 0.337 e. The molecule has 0 saturated carbocycles. The monoisotopic (exact) mass is 481 g/mol. The molecule has 1 N–H and O–H groups in total. The van der Waals surface area contributed by atoms with Crippen molar-refractivity contribution < 1.29 is 27.5 Å². The summed E-state index contributed by atoms with van der Waals surface area (Å²) in [7, 11) is -1.23. The fourth-order valence-corrected chi connectivity index (χ4v) is 4.39. The van der Waals surface area contributed by atoms with Crippen molar-refractivity contribution in [3.05, 3.63) is 90.0 Å². The highest BCUT2D eigenvalue weighted by Crippen LogP contribution is 2.25. The fraction of sp³-hybridized carbons (Fsp3) is 0.125. The summed E-state index contributed by atoms with van der Waals surface area (Å²) in [6, 6.07) is 20.5. The number of rotatable bonds is 9. The van der Waals surface area contributed by atoms with Crippen molar-refractivity contribution in [1.82, 2.24) is 5.43 Å². The van der Waals surface area contributed by atoms with Gasteiger partial charge in [0, 0.05) is 0 Å². The number of methoxy groups -OCH3 is 2.